The van der Waals surface area contributed by atoms with E-state index in [9.17, 15) is 10.1 Å². The molecule has 5 heteroatoms. The van der Waals surface area contributed by atoms with E-state index in [0.29, 0.717) is 18.4 Å². The van der Waals surface area contributed by atoms with Crippen molar-refractivity contribution in [2.45, 2.75) is 63.5 Å². The van der Waals surface area contributed by atoms with Gasteiger partial charge in [-0.15, -0.1) is 0 Å². The molecule has 1 unspecified atom stereocenters. The molecule has 2 fully saturated rings. The van der Waals surface area contributed by atoms with Crippen molar-refractivity contribution in [2.75, 3.05) is 19.6 Å². The van der Waals surface area contributed by atoms with E-state index in [2.05, 4.69) is 16.3 Å². The zero-order valence-corrected chi connectivity index (χ0v) is 13.1. The van der Waals surface area contributed by atoms with Crippen LogP contribution >= 0.6 is 0 Å². The second kappa shape index (κ2) is 7.24. The fraction of sp³-hybridized carbons (Fsp3) is 0.875. The van der Waals surface area contributed by atoms with Gasteiger partial charge >= 0.3 is 0 Å². The summed E-state index contributed by atoms with van der Waals surface area (Å²) >= 11 is 0. The predicted octanol–water partition coefficient (Wildman–Crippen LogP) is 1.39. The van der Waals surface area contributed by atoms with Gasteiger partial charge in [0, 0.05) is 12.5 Å². The number of nitriles is 1. The van der Waals surface area contributed by atoms with Crippen LogP contribution < -0.4 is 11.1 Å². The molecule has 118 valence electrons. The van der Waals surface area contributed by atoms with Crippen LogP contribution in [0.1, 0.15) is 51.9 Å². The first-order valence-corrected chi connectivity index (χ1v) is 8.20. The number of hydrogen-bond donors (Lipinski definition) is 2. The van der Waals surface area contributed by atoms with Crippen LogP contribution in [-0.2, 0) is 4.79 Å². The number of primary amides is 1. The van der Waals surface area contributed by atoms with Gasteiger partial charge in [-0.3, -0.25) is 10.1 Å². The molecule has 0 bridgehead atoms. The summed E-state index contributed by atoms with van der Waals surface area (Å²) in [5, 5.41) is 12.8. The topological polar surface area (TPSA) is 82.2 Å². The third kappa shape index (κ3) is 5.64. The van der Waals surface area contributed by atoms with Crippen molar-refractivity contribution >= 4 is 5.91 Å². The minimum Gasteiger partial charge on any atom is -0.370 e. The highest BCUT2D eigenvalue weighted by atomic mass is 16.1. The second-order valence-corrected chi connectivity index (χ2v) is 6.92. The molecule has 0 aromatic rings. The first-order valence-electron chi connectivity index (χ1n) is 8.20. The van der Waals surface area contributed by atoms with Gasteiger partial charge in [0.2, 0.25) is 5.91 Å². The largest absolute Gasteiger partial charge is 0.370 e. The minimum atomic E-state index is -0.370. The summed E-state index contributed by atoms with van der Waals surface area (Å²) in [6.45, 7) is 5.17. The lowest BCUT2D eigenvalue weighted by atomic mass is 9.92. The van der Waals surface area contributed by atoms with E-state index < -0.39 is 0 Å². The Balaban J connectivity index is 1.63. The molecule has 21 heavy (non-hydrogen) atoms. The van der Waals surface area contributed by atoms with Crippen molar-refractivity contribution in [1.29, 1.82) is 5.26 Å². The van der Waals surface area contributed by atoms with Gasteiger partial charge in [-0.1, -0.05) is 0 Å². The Morgan fingerprint density at radius 2 is 2.05 bits per heavy atom. The van der Waals surface area contributed by atoms with E-state index in [1.165, 1.54) is 12.8 Å². The average molecular weight is 292 g/mol. The first-order chi connectivity index (χ1) is 10.0. The van der Waals surface area contributed by atoms with Gasteiger partial charge in [-0.25, -0.2) is 0 Å². The van der Waals surface area contributed by atoms with Crippen molar-refractivity contribution in [3.63, 3.8) is 0 Å². The maximum atomic E-state index is 10.9. The van der Waals surface area contributed by atoms with Gasteiger partial charge < -0.3 is 10.6 Å². The van der Waals surface area contributed by atoms with Crippen LogP contribution in [0, 0.1) is 17.2 Å². The number of nitrogens with one attached hydrogen (secondary N) is 1. The number of piperidine rings is 1. The first kappa shape index (κ1) is 16.3. The zero-order chi connectivity index (χ0) is 15.3. The third-order valence-corrected chi connectivity index (χ3v) is 4.69. The second-order valence-electron chi connectivity index (χ2n) is 6.92. The maximum Gasteiger partial charge on any atom is 0.217 e. The smallest absolute Gasteiger partial charge is 0.217 e. The number of amides is 1. The lowest BCUT2D eigenvalue weighted by molar-refractivity contribution is -0.119. The van der Waals surface area contributed by atoms with Gasteiger partial charge in [-0.05, 0) is 71.0 Å². The number of nitrogens with zero attached hydrogens (tertiary/aromatic N) is 2. The quantitative estimate of drug-likeness (QED) is 0.708. The van der Waals surface area contributed by atoms with E-state index in [0.717, 1.165) is 45.3 Å². The summed E-state index contributed by atoms with van der Waals surface area (Å²) in [7, 11) is 0. The van der Waals surface area contributed by atoms with Crippen molar-refractivity contribution in [3.8, 4) is 6.07 Å². The van der Waals surface area contributed by atoms with Crippen molar-refractivity contribution in [2.24, 2.45) is 11.7 Å². The molecular formula is C16H28N4O. The van der Waals surface area contributed by atoms with Crippen LogP contribution in [0.4, 0.5) is 0 Å². The lowest BCUT2D eigenvalue weighted by Gasteiger charge is -2.32. The summed E-state index contributed by atoms with van der Waals surface area (Å²) in [5.41, 5.74) is 4.89. The summed E-state index contributed by atoms with van der Waals surface area (Å²) in [4.78, 5) is 13.4. The summed E-state index contributed by atoms with van der Waals surface area (Å²) in [6.07, 6.45) is 7.05. The molecule has 1 saturated carbocycles. The number of nitrogens with two attached hydrogens (primary N) is 1. The molecule has 0 radical (unpaired) electrons. The van der Waals surface area contributed by atoms with Gasteiger partial charge in [0.1, 0.15) is 5.54 Å². The van der Waals surface area contributed by atoms with E-state index in [-0.39, 0.29) is 11.4 Å². The molecular weight excluding hydrogens is 264 g/mol. The van der Waals surface area contributed by atoms with Crippen molar-refractivity contribution < 1.29 is 4.79 Å². The van der Waals surface area contributed by atoms with Crippen LogP contribution in [0.2, 0.25) is 0 Å². The van der Waals surface area contributed by atoms with Crippen LogP contribution in [0.15, 0.2) is 0 Å². The maximum absolute atomic E-state index is 10.9. The normalized spacial score (nSPS) is 23.4. The standard InChI is InChI=1S/C16H28N4O/c1-16(12-17,19-14-3-4-14)7-2-8-20-9-5-13(6-10-20)11-15(18)21/h13-14,19H,2-11H2,1H3,(H2,18,21). The van der Waals surface area contributed by atoms with E-state index in [4.69, 9.17) is 5.73 Å². The molecule has 2 aliphatic rings. The fourth-order valence-electron chi connectivity index (χ4n) is 3.19. The molecule has 1 heterocycles. The van der Waals surface area contributed by atoms with E-state index in [1.54, 1.807) is 0 Å². The number of carbonyl (C=O) groups is 1. The number of rotatable bonds is 8. The minimum absolute atomic E-state index is 0.176. The van der Waals surface area contributed by atoms with Crippen LogP contribution in [0.25, 0.3) is 0 Å². The highest BCUT2D eigenvalue weighted by Gasteiger charge is 2.32. The molecule has 1 amide bonds. The van der Waals surface area contributed by atoms with E-state index >= 15 is 0 Å². The molecule has 3 N–H and O–H groups in total. The van der Waals surface area contributed by atoms with Crippen molar-refractivity contribution in [3.05, 3.63) is 0 Å². The number of likely N-dealkylation sites (tertiary alicyclic amines) is 1. The van der Waals surface area contributed by atoms with Gasteiger partial charge in [0.15, 0.2) is 0 Å². The van der Waals surface area contributed by atoms with Crippen LogP contribution in [-0.4, -0.2) is 42.0 Å². The van der Waals surface area contributed by atoms with Gasteiger partial charge in [-0.2, -0.15) is 5.26 Å². The Kier molecular flexibility index (Phi) is 5.60. The lowest BCUT2D eigenvalue weighted by Crippen LogP contribution is -2.43. The predicted molar refractivity (Wildman–Crippen MR) is 82.4 cm³/mol. The monoisotopic (exact) mass is 292 g/mol. The molecule has 0 aromatic carbocycles. The number of hydrogen-bond acceptors (Lipinski definition) is 4. The summed E-state index contributed by atoms with van der Waals surface area (Å²) in [6, 6.07) is 3.00. The molecule has 1 aliphatic carbocycles. The Bertz CT molecular complexity index is 394. The molecule has 0 aromatic heterocycles. The molecule has 1 atom stereocenters. The Morgan fingerprint density at radius 1 is 1.38 bits per heavy atom. The Morgan fingerprint density at radius 3 is 2.57 bits per heavy atom. The average Bonchev–Trinajstić information content (AvgIpc) is 3.24. The van der Waals surface area contributed by atoms with Crippen molar-refractivity contribution in [1.82, 2.24) is 10.2 Å². The summed E-state index contributed by atoms with van der Waals surface area (Å²) in [5.74, 6) is 0.295. The van der Waals surface area contributed by atoms with Crippen LogP contribution in [0.3, 0.4) is 0 Å². The van der Waals surface area contributed by atoms with Gasteiger partial charge in [0.25, 0.3) is 0 Å². The molecule has 2 rings (SSSR count). The highest BCUT2D eigenvalue weighted by molar-refractivity contribution is 5.73. The fourth-order valence-corrected chi connectivity index (χ4v) is 3.19. The third-order valence-electron chi connectivity index (χ3n) is 4.69. The SMILES string of the molecule is CC(C#N)(CCCN1CCC(CC(N)=O)CC1)NC1CC1. The van der Waals surface area contributed by atoms with E-state index in [1.807, 2.05) is 6.92 Å². The highest BCUT2D eigenvalue weighted by Crippen LogP contribution is 2.25. The molecule has 1 aliphatic heterocycles. The van der Waals surface area contributed by atoms with Gasteiger partial charge in [0.05, 0.1) is 6.07 Å². The zero-order valence-electron chi connectivity index (χ0n) is 13.1. The Hall–Kier alpha value is -1.12. The molecule has 5 nitrogen and oxygen atoms in total. The Labute approximate surface area is 127 Å². The molecule has 1 saturated heterocycles. The number of carbonyl (C=O) groups excluding carboxylic acids is 1. The van der Waals surface area contributed by atoms with Crippen LogP contribution in [0.5, 0.6) is 0 Å². The molecule has 0 spiro atoms. The summed E-state index contributed by atoms with van der Waals surface area (Å²) < 4.78 is 0.